The van der Waals surface area contributed by atoms with Crippen LogP contribution in [-0.2, 0) is 4.79 Å². The number of hydrogen-bond donors (Lipinski definition) is 0. The van der Waals surface area contributed by atoms with E-state index in [0.717, 1.165) is 0 Å². The van der Waals surface area contributed by atoms with Gasteiger partial charge in [-0.15, -0.1) is 0 Å². The van der Waals surface area contributed by atoms with Crippen LogP contribution in [0.25, 0.3) is 0 Å². The fraction of sp³-hybridized carbons (Fsp3) is 0.385. The van der Waals surface area contributed by atoms with Crippen LogP contribution in [0.2, 0.25) is 0 Å². The highest BCUT2D eigenvalue weighted by atomic mass is 16.2. The Hall–Kier alpha value is -2.22. The molecule has 0 unspecified atom stereocenters. The van der Waals surface area contributed by atoms with E-state index < -0.39 is 0 Å². The number of hydrogen-bond acceptors (Lipinski definition) is 4. The van der Waals surface area contributed by atoms with Gasteiger partial charge in [0.15, 0.2) is 0 Å². The fourth-order valence-electron chi connectivity index (χ4n) is 2.10. The van der Waals surface area contributed by atoms with Gasteiger partial charge in [-0.05, 0) is 19.1 Å². The molecule has 1 saturated heterocycles. The zero-order chi connectivity index (χ0) is 13.1. The number of aromatic nitrogens is 1. The van der Waals surface area contributed by atoms with Crippen LogP contribution in [0.4, 0.5) is 0 Å². The predicted octanol–water partition coefficient (Wildman–Crippen LogP) is 1.15. The maximum Gasteiger partial charge on any atom is 0.254 e. The number of nitrogens with zero attached hydrogens (tertiary/aromatic N) is 3. The number of nitriles is 1. The van der Waals surface area contributed by atoms with Gasteiger partial charge in [-0.25, -0.2) is 4.98 Å². The predicted molar refractivity (Wildman–Crippen MR) is 63.7 cm³/mol. The highest BCUT2D eigenvalue weighted by Gasteiger charge is 2.28. The maximum absolute atomic E-state index is 12.3. The third-order valence-corrected chi connectivity index (χ3v) is 3.07. The molecule has 1 atom stereocenters. The molecule has 0 N–H and O–H groups in total. The molecule has 0 aromatic carbocycles. The van der Waals surface area contributed by atoms with E-state index >= 15 is 0 Å². The Morgan fingerprint density at radius 2 is 2.39 bits per heavy atom. The quantitative estimate of drug-likeness (QED) is 0.741. The van der Waals surface area contributed by atoms with Gasteiger partial charge in [-0.2, -0.15) is 5.26 Å². The zero-order valence-electron chi connectivity index (χ0n) is 10.1. The molecule has 2 heterocycles. The highest BCUT2D eigenvalue weighted by Crippen LogP contribution is 2.17. The van der Waals surface area contributed by atoms with Crippen molar-refractivity contribution >= 4 is 11.7 Å². The van der Waals surface area contributed by atoms with Crippen molar-refractivity contribution in [1.29, 1.82) is 5.26 Å². The van der Waals surface area contributed by atoms with Gasteiger partial charge in [0.2, 0.25) is 0 Å². The molecule has 0 aliphatic carbocycles. The number of amides is 1. The number of piperidine rings is 1. The summed E-state index contributed by atoms with van der Waals surface area (Å²) >= 11 is 0. The Balaban J connectivity index is 2.20. The molecule has 0 radical (unpaired) electrons. The van der Waals surface area contributed by atoms with Crippen molar-refractivity contribution in [3.05, 3.63) is 29.6 Å². The summed E-state index contributed by atoms with van der Waals surface area (Å²) in [7, 11) is 0. The van der Waals surface area contributed by atoms with E-state index in [1.54, 1.807) is 11.0 Å². The van der Waals surface area contributed by atoms with Gasteiger partial charge in [0, 0.05) is 37.2 Å². The molecule has 0 spiro atoms. The van der Waals surface area contributed by atoms with Crippen LogP contribution in [0, 0.1) is 11.3 Å². The van der Waals surface area contributed by atoms with Gasteiger partial charge >= 0.3 is 0 Å². The number of Topliss-reactive ketones (excluding diaryl/α,β-unsaturated/α-hetero) is 1. The molecular formula is C13H13N3O2. The van der Waals surface area contributed by atoms with Crippen LogP contribution in [-0.4, -0.2) is 34.2 Å². The van der Waals surface area contributed by atoms with Crippen molar-refractivity contribution < 1.29 is 9.59 Å². The summed E-state index contributed by atoms with van der Waals surface area (Å²) in [4.78, 5) is 29.1. The molecule has 5 nitrogen and oxygen atoms in total. The van der Waals surface area contributed by atoms with Crippen molar-refractivity contribution in [3.8, 4) is 6.07 Å². The maximum atomic E-state index is 12.3. The lowest BCUT2D eigenvalue weighted by molar-refractivity contribution is -0.122. The lowest BCUT2D eigenvalue weighted by atomic mass is 10.0. The van der Waals surface area contributed by atoms with Gasteiger partial charge < -0.3 is 4.90 Å². The first-order valence-electron chi connectivity index (χ1n) is 5.80. The van der Waals surface area contributed by atoms with Gasteiger partial charge in [0.1, 0.15) is 17.5 Å². The number of rotatable bonds is 1. The Morgan fingerprint density at radius 3 is 3.06 bits per heavy atom. The molecule has 1 fully saturated rings. The average Bonchev–Trinajstić information content (AvgIpc) is 2.38. The van der Waals surface area contributed by atoms with Crippen molar-refractivity contribution in [2.75, 3.05) is 6.54 Å². The van der Waals surface area contributed by atoms with E-state index in [1.807, 2.05) is 13.0 Å². The van der Waals surface area contributed by atoms with E-state index in [4.69, 9.17) is 5.26 Å². The molecule has 2 rings (SSSR count). The lowest BCUT2D eigenvalue weighted by Crippen LogP contribution is -2.44. The minimum atomic E-state index is -0.145. The van der Waals surface area contributed by atoms with E-state index in [1.165, 1.54) is 12.3 Å². The molecule has 5 heteroatoms. The van der Waals surface area contributed by atoms with Gasteiger partial charge in [0.25, 0.3) is 5.91 Å². The molecule has 1 aliphatic rings. The summed E-state index contributed by atoms with van der Waals surface area (Å²) in [5, 5.41) is 8.76. The van der Waals surface area contributed by atoms with Gasteiger partial charge in [-0.1, -0.05) is 0 Å². The monoisotopic (exact) mass is 243 g/mol. The van der Waals surface area contributed by atoms with E-state index in [0.29, 0.717) is 24.9 Å². The van der Waals surface area contributed by atoms with Gasteiger partial charge in [-0.3, -0.25) is 9.59 Å². The molecule has 0 saturated carbocycles. The smallest absolute Gasteiger partial charge is 0.254 e. The Bertz CT molecular complexity index is 533. The van der Waals surface area contributed by atoms with Gasteiger partial charge in [0.05, 0.1) is 0 Å². The van der Waals surface area contributed by atoms with Crippen LogP contribution in [0.3, 0.4) is 0 Å². The zero-order valence-corrected chi connectivity index (χ0v) is 10.1. The highest BCUT2D eigenvalue weighted by molar-refractivity contribution is 5.95. The second-order valence-electron chi connectivity index (χ2n) is 4.38. The number of carbonyl (C=O) groups is 2. The Morgan fingerprint density at radius 1 is 1.61 bits per heavy atom. The number of likely N-dealkylation sites (tertiary alicyclic amines) is 1. The molecule has 1 aromatic heterocycles. The van der Waals surface area contributed by atoms with Crippen LogP contribution in [0.5, 0.6) is 0 Å². The Labute approximate surface area is 105 Å². The van der Waals surface area contributed by atoms with Crippen LogP contribution >= 0.6 is 0 Å². The summed E-state index contributed by atoms with van der Waals surface area (Å²) in [5.74, 6) is 0.0490. The summed E-state index contributed by atoms with van der Waals surface area (Å²) in [6, 6.07) is 4.89. The SMILES string of the molecule is C[C@@H]1CC(=O)CCN1C(=O)c1ccnc(C#N)c1. The minimum Gasteiger partial charge on any atom is -0.335 e. The van der Waals surface area contributed by atoms with Crippen LogP contribution < -0.4 is 0 Å². The topological polar surface area (TPSA) is 74.1 Å². The molecule has 18 heavy (non-hydrogen) atoms. The molecular weight excluding hydrogens is 230 g/mol. The molecule has 1 aromatic rings. The first kappa shape index (κ1) is 12.2. The molecule has 1 amide bonds. The third kappa shape index (κ3) is 2.38. The van der Waals surface area contributed by atoms with Crippen molar-refractivity contribution in [1.82, 2.24) is 9.88 Å². The summed E-state index contributed by atoms with van der Waals surface area (Å²) < 4.78 is 0. The summed E-state index contributed by atoms with van der Waals surface area (Å²) in [6.07, 6.45) is 2.26. The van der Waals surface area contributed by atoms with Crippen LogP contribution in [0.15, 0.2) is 18.3 Å². The summed E-state index contributed by atoms with van der Waals surface area (Å²) in [5.41, 5.74) is 0.671. The minimum absolute atomic E-state index is 0.0857. The number of carbonyl (C=O) groups excluding carboxylic acids is 2. The third-order valence-electron chi connectivity index (χ3n) is 3.07. The summed E-state index contributed by atoms with van der Waals surface area (Å²) in [6.45, 7) is 2.31. The second-order valence-corrected chi connectivity index (χ2v) is 4.38. The van der Waals surface area contributed by atoms with E-state index in [2.05, 4.69) is 4.98 Å². The Kier molecular flexibility index (Phi) is 3.38. The molecule has 92 valence electrons. The van der Waals surface area contributed by atoms with E-state index in [-0.39, 0.29) is 23.4 Å². The van der Waals surface area contributed by atoms with E-state index in [9.17, 15) is 9.59 Å². The van der Waals surface area contributed by atoms with Crippen molar-refractivity contribution in [2.24, 2.45) is 0 Å². The normalized spacial score (nSPS) is 19.4. The lowest BCUT2D eigenvalue weighted by Gasteiger charge is -2.32. The molecule has 1 aliphatic heterocycles. The fourth-order valence-corrected chi connectivity index (χ4v) is 2.10. The first-order valence-corrected chi connectivity index (χ1v) is 5.80. The first-order chi connectivity index (χ1) is 8.61. The average molecular weight is 243 g/mol. The number of pyridine rings is 1. The standard InChI is InChI=1S/C13H13N3O2/c1-9-6-12(17)3-5-16(9)13(18)10-2-4-15-11(7-10)8-14/h2,4,7,9H,3,5-6H2,1H3/t9-/m1/s1. The van der Waals surface area contributed by atoms with Crippen molar-refractivity contribution in [3.63, 3.8) is 0 Å². The molecule has 0 bridgehead atoms. The number of ketones is 1. The largest absolute Gasteiger partial charge is 0.335 e. The second kappa shape index (κ2) is 4.96. The van der Waals surface area contributed by atoms with Crippen LogP contribution in [0.1, 0.15) is 35.8 Å². The van der Waals surface area contributed by atoms with Crippen molar-refractivity contribution in [2.45, 2.75) is 25.8 Å².